The summed E-state index contributed by atoms with van der Waals surface area (Å²) in [4.78, 5) is 27.5. The van der Waals surface area contributed by atoms with Crippen molar-refractivity contribution >= 4 is 11.8 Å². The predicted molar refractivity (Wildman–Crippen MR) is 104 cm³/mol. The predicted octanol–water partition coefficient (Wildman–Crippen LogP) is 1.41. The summed E-state index contributed by atoms with van der Waals surface area (Å²) in [5, 5.41) is 11.1. The van der Waals surface area contributed by atoms with E-state index in [1.54, 1.807) is 12.4 Å². The Balaban J connectivity index is 1.24. The quantitative estimate of drug-likeness (QED) is 0.789. The van der Waals surface area contributed by atoms with Crippen molar-refractivity contribution in [2.45, 2.75) is 44.2 Å². The first-order chi connectivity index (χ1) is 14.1. The van der Waals surface area contributed by atoms with Crippen LogP contribution in [0.25, 0.3) is 0 Å². The lowest BCUT2D eigenvalue weighted by Crippen LogP contribution is -2.55. The highest BCUT2D eigenvalue weighted by Crippen LogP contribution is 2.33. The van der Waals surface area contributed by atoms with Gasteiger partial charge in [-0.3, -0.25) is 9.59 Å². The largest absolute Gasteiger partial charge is 0.484 e. The third kappa shape index (κ3) is 3.36. The van der Waals surface area contributed by atoms with Crippen molar-refractivity contribution in [2.75, 3.05) is 19.6 Å². The molecule has 1 atom stereocenters. The van der Waals surface area contributed by atoms with Crippen LogP contribution in [0, 0.1) is 5.92 Å². The number of carbonyl (C=O) groups excluding carboxylic acids is 2. The average Bonchev–Trinajstić information content (AvgIpc) is 3.04. The number of rotatable bonds is 1. The highest BCUT2D eigenvalue weighted by atomic mass is 16.5. The zero-order valence-corrected chi connectivity index (χ0v) is 16.3. The summed E-state index contributed by atoms with van der Waals surface area (Å²) in [5.41, 5.74) is 0.129. The molecule has 0 radical (unpaired) electrons. The first-order valence-electron chi connectivity index (χ1n) is 10.4. The van der Waals surface area contributed by atoms with Crippen LogP contribution in [0.3, 0.4) is 0 Å². The van der Waals surface area contributed by atoms with Crippen LogP contribution in [-0.2, 0) is 17.8 Å². The summed E-state index contributed by atoms with van der Waals surface area (Å²) in [7, 11) is 0. The molecule has 8 nitrogen and oxygen atoms in total. The SMILES string of the molecule is O=C1NCC2(CCN(C(=O)C3CCc4nncn4CC3)CC2)Oc2ccccc21. The third-order valence-electron chi connectivity index (χ3n) is 6.50. The second-order valence-electron chi connectivity index (χ2n) is 8.25. The van der Waals surface area contributed by atoms with Crippen LogP contribution in [0.4, 0.5) is 0 Å². The van der Waals surface area contributed by atoms with Gasteiger partial charge in [0, 0.05) is 44.8 Å². The minimum absolute atomic E-state index is 0.0289. The second-order valence-corrected chi connectivity index (χ2v) is 8.25. The van der Waals surface area contributed by atoms with E-state index >= 15 is 0 Å². The molecule has 2 amide bonds. The van der Waals surface area contributed by atoms with Crippen molar-refractivity contribution in [1.82, 2.24) is 25.0 Å². The van der Waals surface area contributed by atoms with Crippen LogP contribution < -0.4 is 10.1 Å². The molecule has 1 spiro atoms. The lowest BCUT2D eigenvalue weighted by atomic mass is 9.89. The van der Waals surface area contributed by atoms with Gasteiger partial charge in [-0.15, -0.1) is 10.2 Å². The normalized spacial score (nSPS) is 23.2. The molecule has 0 saturated carbocycles. The first kappa shape index (κ1) is 18.1. The monoisotopic (exact) mass is 395 g/mol. The van der Waals surface area contributed by atoms with Gasteiger partial charge in [-0.05, 0) is 25.0 Å². The van der Waals surface area contributed by atoms with Crippen molar-refractivity contribution < 1.29 is 14.3 Å². The molecule has 1 N–H and O–H groups in total. The fraction of sp³-hybridized carbons (Fsp3) is 0.524. The Morgan fingerprint density at radius 3 is 2.86 bits per heavy atom. The van der Waals surface area contributed by atoms with E-state index in [1.807, 2.05) is 23.1 Å². The Hall–Kier alpha value is -2.90. The molecule has 8 heteroatoms. The molecule has 3 aliphatic heterocycles. The molecule has 4 heterocycles. The number of ether oxygens (including phenoxy) is 1. The van der Waals surface area contributed by atoms with E-state index < -0.39 is 5.60 Å². The van der Waals surface area contributed by atoms with Gasteiger partial charge in [0.25, 0.3) is 5.91 Å². The summed E-state index contributed by atoms with van der Waals surface area (Å²) in [6.07, 6.45) is 5.62. The lowest BCUT2D eigenvalue weighted by molar-refractivity contribution is -0.139. The minimum atomic E-state index is -0.448. The Morgan fingerprint density at radius 2 is 2.00 bits per heavy atom. The molecule has 0 aliphatic carbocycles. The molecule has 0 bridgehead atoms. The summed E-state index contributed by atoms with van der Waals surface area (Å²) >= 11 is 0. The highest BCUT2D eigenvalue weighted by molar-refractivity contribution is 5.97. The number of benzene rings is 1. The van der Waals surface area contributed by atoms with E-state index in [4.69, 9.17) is 4.74 Å². The molecule has 5 rings (SSSR count). The number of carbonyl (C=O) groups is 2. The van der Waals surface area contributed by atoms with Gasteiger partial charge in [-0.25, -0.2) is 0 Å². The van der Waals surface area contributed by atoms with Crippen LogP contribution in [0.5, 0.6) is 5.75 Å². The Morgan fingerprint density at radius 1 is 1.17 bits per heavy atom. The maximum atomic E-state index is 13.1. The zero-order valence-electron chi connectivity index (χ0n) is 16.3. The van der Waals surface area contributed by atoms with Crippen LogP contribution in [0.15, 0.2) is 30.6 Å². The number of piperidine rings is 1. The molecule has 1 fully saturated rings. The van der Waals surface area contributed by atoms with Gasteiger partial charge in [0.1, 0.15) is 23.5 Å². The van der Waals surface area contributed by atoms with Crippen LogP contribution in [0.1, 0.15) is 41.9 Å². The maximum Gasteiger partial charge on any atom is 0.255 e. The Kier molecular flexibility index (Phi) is 4.49. The topological polar surface area (TPSA) is 89.4 Å². The summed E-state index contributed by atoms with van der Waals surface area (Å²) in [5.74, 6) is 1.77. The Labute approximate surface area is 169 Å². The highest BCUT2D eigenvalue weighted by Gasteiger charge is 2.41. The number of nitrogens with one attached hydrogen (secondary N) is 1. The van der Waals surface area contributed by atoms with Gasteiger partial charge in [0.2, 0.25) is 5.91 Å². The molecule has 3 aliphatic rings. The fourth-order valence-corrected chi connectivity index (χ4v) is 4.67. The molecular weight excluding hydrogens is 370 g/mol. The van der Waals surface area contributed by atoms with E-state index in [-0.39, 0.29) is 17.7 Å². The minimum Gasteiger partial charge on any atom is -0.484 e. The number of hydrogen-bond acceptors (Lipinski definition) is 5. The van der Waals surface area contributed by atoms with E-state index in [0.29, 0.717) is 43.8 Å². The van der Waals surface area contributed by atoms with Crippen molar-refractivity contribution in [1.29, 1.82) is 0 Å². The average molecular weight is 395 g/mol. The summed E-state index contributed by atoms with van der Waals surface area (Å²) < 4.78 is 8.39. The van der Waals surface area contributed by atoms with Crippen LogP contribution >= 0.6 is 0 Å². The smallest absolute Gasteiger partial charge is 0.255 e. The number of para-hydroxylation sites is 1. The Bertz CT molecular complexity index is 909. The van der Waals surface area contributed by atoms with Crippen LogP contribution in [0.2, 0.25) is 0 Å². The number of aromatic nitrogens is 3. The van der Waals surface area contributed by atoms with Gasteiger partial charge in [0.05, 0.1) is 12.1 Å². The molecule has 29 heavy (non-hydrogen) atoms. The number of likely N-dealkylation sites (tertiary alicyclic amines) is 1. The third-order valence-corrected chi connectivity index (χ3v) is 6.50. The first-order valence-corrected chi connectivity index (χ1v) is 10.4. The van der Waals surface area contributed by atoms with Crippen LogP contribution in [-0.4, -0.2) is 56.7 Å². The zero-order chi connectivity index (χ0) is 19.8. The molecule has 1 saturated heterocycles. The molecule has 2 aromatic rings. The number of fused-ring (bicyclic) bond motifs is 2. The van der Waals surface area contributed by atoms with Crippen molar-refractivity contribution in [3.8, 4) is 5.75 Å². The number of hydrogen-bond donors (Lipinski definition) is 1. The number of nitrogens with zero attached hydrogens (tertiary/aromatic N) is 4. The summed E-state index contributed by atoms with van der Waals surface area (Å²) in [6.45, 7) is 2.57. The fourth-order valence-electron chi connectivity index (χ4n) is 4.67. The van der Waals surface area contributed by atoms with E-state index in [0.717, 1.165) is 31.6 Å². The maximum absolute atomic E-state index is 13.1. The van der Waals surface area contributed by atoms with Crippen molar-refractivity contribution in [2.24, 2.45) is 5.92 Å². The van der Waals surface area contributed by atoms with Gasteiger partial charge in [-0.1, -0.05) is 12.1 Å². The molecule has 1 aromatic heterocycles. The van der Waals surface area contributed by atoms with Gasteiger partial charge in [0.15, 0.2) is 0 Å². The van der Waals surface area contributed by atoms with Crippen molar-refractivity contribution in [3.05, 3.63) is 42.0 Å². The van der Waals surface area contributed by atoms with Gasteiger partial charge < -0.3 is 19.5 Å². The molecule has 1 unspecified atom stereocenters. The standard InChI is InChI=1S/C21H25N5O3/c27-19-16-3-1-2-4-17(16)29-21(13-22-19)8-11-25(12-9-21)20(28)15-5-6-18-24-23-14-26(18)10-7-15/h1-4,14-15H,5-13H2,(H,22,27). The van der Waals surface area contributed by atoms with Gasteiger partial charge >= 0.3 is 0 Å². The molecule has 1 aromatic carbocycles. The van der Waals surface area contributed by atoms with E-state index in [9.17, 15) is 9.59 Å². The van der Waals surface area contributed by atoms with Gasteiger partial charge in [-0.2, -0.15) is 0 Å². The number of amides is 2. The van der Waals surface area contributed by atoms with Crippen molar-refractivity contribution in [3.63, 3.8) is 0 Å². The molecule has 152 valence electrons. The molecular formula is C21H25N5O3. The van der Waals surface area contributed by atoms with E-state index in [2.05, 4.69) is 20.1 Å². The lowest BCUT2D eigenvalue weighted by Gasteiger charge is -2.42. The summed E-state index contributed by atoms with van der Waals surface area (Å²) in [6, 6.07) is 7.37. The number of aryl methyl sites for hydroxylation is 2. The second kappa shape index (κ2) is 7.17. The van der Waals surface area contributed by atoms with E-state index in [1.165, 1.54) is 0 Å².